The van der Waals surface area contributed by atoms with Gasteiger partial charge in [-0.1, -0.05) is 50.3 Å². The summed E-state index contributed by atoms with van der Waals surface area (Å²) in [5.41, 5.74) is 1.13. The summed E-state index contributed by atoms with van der Waals surface area (Å²) < 4.78 is 5.46. The normalized spacial score (nSPS) is 23.4. The molecule has 3 heteroatoms. The van der Waals surface area contributed by atoms with Crippen molar-refractivity contribution < 1.29 is 9.53 Å². The third-order valence-electron chi connectivity index (χ3n) is 3.43. The summed E-state index contributed by atoms with van der Waals surface area (Å²) >= 11 is 0. The summed E-state index contributed by atoms with van der Waals surface area (Å²) in [7, 11) is 0. The topological polar surface area (TPSA) is 29.5 Å². The lowest BCUT2D eigenvalue weighted by Gasteiger charge is -2.26. The van der Waals surface area contributed by atoms with Crippen LogP contribution in [0.2, 0.25) is 0 Å². The standard InChI is InChI=1S/C16H21NO2/c1-4-8-14-15(12(2)3)17(16(18)19-14)11-13-9-6-5-7-10-13/h4-10,12,14-15H,11H2,1-3H3/b8-4+/t14-,15-/m1/s1. The summed E-state index contributed by atoms with van der Waals surface area (Å²) in [5.74, 6) is 0.358. The zero-order valence-electron chi connectivity index (χ0n) is 11.7. The molecule has 0 N–H and O–H groups in total. The number of carbonyl (C=O) groups excluding carboxylic acids is 1. The monoisotopic (exact) mass is 259 g/mol. The number of allylic oxidation sites excluding steroid dienone is 1. The van der Waals surface area contributed by atoms with Crippen molar-refractivity contribution in [2.24, 2.45) is 5.92 Å². The van der Waals surface area contributed by atoms with Gasteiger partial charge < -0.3 is 4.74 Å². The Hall–Kier alpha value is -1.77. The van der Waals surface area contributed by atoms with Crippen LogP contribution in [0.1, 0.15) is 26.3 Å². The summed E-state index contributed by atoms with van der Waals surface area (Å²) in [6.07, 6.45) is 3.55. The van der Waals surface area contributed by atoms with Gasteiger partial charge in [-0.2, -0.15) is 0 Å². The predicted octanol–water partition coefficient (Wildman–Crippen LogP) is 3.61. The first-order valence-electron chi connectivity index (χ1n) is 6.77. The fourth-order valence-corrected chi connectivity index (χ4v) is 2.59. The predicted molar refractivity (Wildman–Crippen MR) is 75.7 cm³/mol. The first-order chi connectivity index (χ1) is 9.13. The number of hydrogen-bond donors (Lipinski definition) is 0. The van der Waals surface area contributed by atoms with Gasteiger partial charge in [-0.15, -0.1) is 0 Å². The molecule has 1 aliphatic heterocycles. The van der Waals surface area contributed by atoms with E-state index in [2.05, 4.69) is 13.8 Å². The van der Waals surface area contributed by atoms with E-state index in [1.54, 1.807) is 0 Å². The Morgan fingerprint density at radius 1 is 1.32 bits per heavy atom. The van der Waals surface area contributed by atoms with Crippen molar-refractivity contribution in [3.63, 3.8) is 0 Å². The molecule has 1 fully saturated rings. The molecule has 1 aromatic rings. The number of carbonyl (C=O) groups is 1. The SMILES string of the molecule is C/C=C/[C@H]1OC(=O)N(Cc2ccccc2)[C@@H]1C(C)C. The maximum atomic E-state index is 12.0. The second-order valence-corrected chi connectivity index (χ2v) is 5.22. The van der Waals surface area contributed by atoms with E-state index in [-0.39, 0.29) is 18.2 Å². The van der Waals surface area contributed by atoms with Gasteiger partial charge in [-0.05, 0) is 24.5 Å². The summed E-state index contributed by atoms with van der Waals surface area (Å²) in [6.45, 7) is 6.81. The van der Waals surface area contributed by atoms with Gasteiger partial charge in [0.25, 0.3) is 0 Å². The summed E-state index contributed by atoms with van der Waals surface area (Å²) in [6, 6.07) is 10.1. The molecule has 2 rings (SSSR count). The average Bonchev–Trinajstić information content (AvgIpc) is 2.68. The molecule has 1 saturated heterocycles. The Morgan fingerprint density at radius 2 is 2.00 bits per heavy atom. The van der Waals surface area contributed by atoms with Crippen molar-refractivity contribution in [1.29, 1.82) is 0 Å². The van der Waals surface area contributed by atoms with Gasteiger partial charge in [-0.3, -0.25) is 4.90 Å². The van der Waals surface area contributed by atoms with Crippen LogP contribution >= 0.6 is 0 Å². The van der Waals surface area contributed by atoms with Crippen molar-refractivity contribution in [3.8, 4) is 0 Å². The largest absolute Gasteiger partial charge is 0.440 e. The van der Waals surface area contributed by atoms with E-state index in [0.29, 0.717) is 12.5 Å². The fourth-order valence-electron chi connectivity index (χ4n) is 2.59. The number of rotatable bonds is 4. The second kappa shape index (κ2) is 5.91. The third kappa shape index (κ3) is 2.98. The molecule has 3 nitrogen and oxygen atoms in total. The lowest BCUT2D eigenvalue weighted by molar-refractivity contribution is 0.144. The summed E-state index contributed by atoms with van der Waals surface area (Å²) in [5, 5.41) is 0. The van der Waals surface area contributed by atoms with Crippen molar-refractivity contribution >= 4 is 6.09 Å². The lowest BCUT2D eigenvalue weighted by atomic mass is 9.97. The molecular weight excluding hydrogens is 238 g/mol. The van der Waals surface area contributed by atoms with Gasteiger partial charge in [0, 0.05) is 6.54 Å². The Balaban J connectivity index is 2.20. The van der Waals surface area contributed by atoms with E-state index in [1.807, 2.05) is 54.3 Å². The minimum atomic E-state index is -0.217. The quantitative estimate of drug-likeness (QED) is 0.773. The van der Waals surface area contributed by atoms with Crippen LogP contribution in [0.3, 0.4) is 0 Å². The van der Waals surface area contributed by atoms with Crippen LogP contribution in [0.4, 0.5) is 4.79 Å². The molecule has 1 heterocycles. The van der Waals surface area contributed by atoms with Crippen molar-refractivity contribution in [2.75, 3.05) is 0 Å². The molecule has 0 aliphatic carbocycles. The molecule has 0 aromatic heterocycles. The van der Waals surface area contributed by atoms with Crippen LogP contribution in [0.5, 0.6) is 0 Å². The van der Waals surface area contributed by atoms with E-state index in [1.165, 1.54) is 0 Å². The molecule has 0 radical (unpaired) electrons. The lowest BCUT2D eigenvalue weighted by Crippen LogP contribution is -2.39. The van der Waals surface area contributed by atoms with Gasteiger partial charge in [0.1, 0.15) is 6.10 Å². The van der Waals surface area contributed by atoms with Gasteiger partial charge in [0.2, 0.25) is 0 Å². The Bertz CT molecular complexity index is 453. The molecule has 1 aromatic carbocycles. The molecule has 2 atom stereocenters. The number of hydrogen-bond acceptors (Lipinski definition) is 2. The average molecular weight is 259 g/mol. The smallest absolute Gasteiger partial charge is 0.411 e. The number of cyclic esters (lactones) is 1. The molecular formula is C16H21NO2. The Kier molecular flexibility index (Phi) is 4.25. The van der Waals surface area contributed by atoms with E-state index in [4.69, 9.17) is 4.74 Å². The van der Waals surface area contributed by atoms with Crippen LogP contribution in [-0.4, -0.2) is 23.1 Å². The first kappa shape index (κ1) is 13.7. The van der Waals surface area contributed by atoms with Crippen LogP contribution < -0.4 is 0 Å². The molecule has 0 bridgehead atoms. The van der Waals surface area contributed by atoms with E-state index < -0.39 is 0 Å². The maximum absolute atomic E-state index is 12.0. The van der Waals surface area contributed by atoms with Crippen molar-refractivity contribution in [1.82, 2.24) is 4.90 Å². The third-order valence-corrected chi connectivity index (χ3v) is 3.43. The van der Waals surface area contributed by atoms with Gasteiger partial charge in [-0.25, -0.2) is 4.79 Å². The minimum Gasteiger partial charge on any atom is -0.440 e. The minimum absolute atomic E-state index is 0.101. The first-order valence-corrected chi connectivity index (χ1v) is 6.77. The molecule has 19 heavy (non-hydrogen) atoms. The number of benzene rings is 1. The van der Waals surface area contributed by atoms with Crippen LogP contribution in [0.15, 0.2) is 42.5 Å². The van der Waals surface area contributed by atoms with E-state index in [0.717, 1.165) is 5.56 Å². The van der Waals surface area contributed by atoms with Gasteiger partial charge in [0.05, 0.1) is 6.04 Å². The zero-order valence-corrected chi connectivity index (χ0v) is 11.7. The zero-order chi connectivity index (χ0) is 13.8. The molecule has 0 saturated carbocycles. The molecule has 1 amide bonds. The highest BCUT2D eigenvalue weighted by Crippen LogP contribution is 2.28. The van der Waals surface area contributed by atoms with Crippen LogP contribution in [-0.2, 0) is 11.3 Å². The van der Waals surface area contributed by atoms with Gasteiger partial charge in [0.15, 0.2) is 0 Å². The molecule has 102 valence electrons. The summed E-state index contributed by atoms with van der Waals surface area (Å²) in [4.78, 5) is 13.9. The maximum Gasteiger partial charge on any atom is 0.411 e. The Morgan fingerprint density at radius 3 is 2.58 bits per heavy atom. The molecule has 0 unspecified atom stereocenters. The number of amides is 1. The van der Waals surface area contributed by atoms with Gasteiger partial charge >= 0.3 is 6.09 Å². The highest BCUT2D eigenvalue weighted by molar-refractivity contribution is 5.71. The number of nitrogens with zero attached hydrogens (tertiary/aromatic N) is 1. The van der Waals surface area contributed by atoms with Crippen LogP contribution in [0, 0.1) is 5.92 Å². The van der Waals surface area contributed by atoms with E-state index in [9.17, 15) is 4.79 Å². The van der Waals surface area contributed by atoms with Crippen LogP contribution in [0.25, 0.3) is 0 Å². The van der Waals surface area contributed by atoms with Crippen molar-refractivity contribution in [2.45, 2.75) is 39.5 Å². The Labute approximate surface area is 114 Å². The van der Waals surface area contributed by atoms with E-state index >= 15 is 0 Å². The second-order valence-electron chi connectivity index (χ2n) is 5.22. The molecule has 1 aliphatic rings. The highest BCUT2D eigenvalue weighted by Gasteiger charge is 2.41. The van der Waals surface area contributed by atoms with Crippen molar-refractivity contribution in [3.05, 3.63) is 48.0 Å². The number of ether oxygens (including phenoxy) is 1. The highest BCUT2D eigenvalue weighted by atomic mass is 16.6. The molecule has 0 spiro atoms. The fraction of sp³-hybridized carbons (Fsp3) is 0.438.